The van der Waals surface area contributed by atoms with E-state index in [4.69, 9.17) is 5.73 Å². The van der Waals surface area contributed by atoms with Gasteiger partial charge in [-0.1, -0.05) is 12.1 Å². The van der Waals surface area contributed by atoms with Crippen molar-refractivity contribution in [1.82, 2.24) is 4.98 Å². The number of carbonyl (C=O) groups excluding carboxylic acids is 1. The molecule has 104 valence electrons. The number of aromatic hydroxyl groups is 1. The van der Waals surface area contributed by atoms with Crippen LogP contribution in [0, 0.1) is 0 Å². The van der Waals surface area contributed by atoms with Crippen LogP contribution in [0.2, 0.25) is 0 Å². The number of nitrogens with two attached hydrogens (primary N) is 1. The molecule has 1 heterocycles. The highest BCUT2D eigenvalue weighted by atomic mass is 16.3. The van der Waals surface area contributed by atoms with Crippen LogP contribution in [0.5, 0.6) is 5.75 Å². The molecular formula is C16H13N3O2. The fourth-order valence-electron chi connectivity index (χ4n) is 2.16. The number of phenolic OH excluding ortho intramolecular Hbond substituents is 1. The molecule has 0 atom stereocenters. The number of nitrogens with one attached hydrogen (secondary N) is 1. The van der Waals surface area contributed by atoms with Crippen LogP contribution >= 0.6 is 0 Å². The quantitative estimate of drug-likeness (QED) is 0.629. The molecule has 2 aromatic carbocycles. The van der Waals surface area contributed by atoms with E-state index in [9.17, 15) is 9.90 Å². The highest BCUT2D eigenvalue weighted by molar-refractivity contribution is 6.11. The summed E-state index contributed by atoms with van der Waals surface area (Å²) in [5.41, 5.74) is 7.87. The number of para-hydroxylation sites is 1. The molecule has 1 amide bonds. The third-order valence-corrected chi connectivity index (χ3v) is 3.20. The molecule has 0 aliphatic rings. The first-order valence-electron chi connectivity index (χ1n) is 6.39. The summed E-state index contributed by atoms with van der Waals surface area (Å²) in [6.45, 7) is 0. The summed E-state index contributed by atoms with van der Waals surface area (Å²) >= 11 is 0. The number of nitrogen functional groups attached to an aromatic ring is 1. The van der Waals surface area contributed by atoms with E-state index < -0.39 is 0 Å². The zero-order valence-electron chi connectivity index (χ0n) is 11.1. The average Bonchev–Trinajstić information content (AvgIpc) is 2.51. The predicted molar refractivity (Wildman–Crippen MR) is 82.2 cm³/mol. The molecule has 0 fully saturated rings. The van der Waals surface area contributed by atoms with Crippen molar-refractivity contribution in [3.05, 3.63) is 60.3 Å². The smallest absolute Gasteiger partial charge is 0.259 e. The van der Waals surface area contributed by atoms with Crippen molar-refractivity contribution in [2.45, 2.75) is 0 Å². The number of benzene rings is 2. The van der Waals surface area contributed by atoms with Gasteiger partial charge < -0.3 is 16.2 Å². The van der Waals surface area contributed by atoms with E-state index in [1.54, 1.807) is 42.6 Å². The van der Waals surface area contributed by atoms with Crippen LogP contribution in [0.4, 0.5) is 11.4 Å². The molecule has 3 aromatic rings. The zero-order chi connectivity index (χ0) is 14.8. The summed E-state index contributed by atoms with van der Waals surface area (Å²) in [5, 5.41) is 13.2. The lowest BCUT2D eigenvalue weighted by Gasteiger charge is -2.10. The topological polar surface area (TPSA) is 88.2 Å². The zero-order valence-corrected chi connectivity index (χ0v) is 11.1. The number of hydrogen-bond acceptors (Lipinski definition) is 4. The number of hydrogen-bond donors (Lipinski definition) is 3. The second-order valence-electron chi connectivity index (χ2n) is 4.57. The fourth-order valence-corrected chi connectivity index (χ4v) is 2.16. The van der Waals surface area contributed by atoms with Crippen LogP contribution in [-0.2, 0) is 0 Å². The van der Waals surface area contributed by atoms with Crippen LogP contribution in [0.3, 0.4) is 0 Å². The minimum absolute atomic E-state index is 0.0622. The molecule has 0 aliphatic heterocycles. The lowest BCUT2D eigenvalue weighted by molar-refractivity contribution is 0.102. The van der Waals surface area contributed by atoms with Gasteiger partial charge in [-0.3, -0.25) is 9.78 Å². The number of amides is 1. The van der Waals surface area contributed by atoms with Crippen LogP contribution in [0.15, 0.2) is 54.7 Å². The summed E-state index contributed by atoms with van der Waals surface area (Å²) in [5.74, 6) is -0.448. The highest BCUT2D eigenvalue weighted by Gasteiger charge is 2.12. The second kappa shape index (κ2) is 5.13. The van der Waals surface area contributed by atoms with Crippen molar-refractivity contribution < 1.29 is 9.90 Å². The third kappa shape index (κ3) is 2.36. The summed E-state index contributed by atoms with van der Waals surface area (Å²) < 4.78 is 0. The van der Waals surface area contributed by atoms with Crippen molar-refractivity contribution in [3.8, 4) is 5.75 Å². The Bertz CT molecular complexity index is 831. The SMILES string of the molecule is Nc1ccc(NC(=O)c2ccccc2O)c2cccnc12. The standard InChI is InChI=1S/C16H13N3O2/c17-12-7-8-13(10-5-3-9-18-15(10)12)19-16(21)11-4-1-2-6-14(11)20/h1-9,20H,17H2,(H,19,21). The number of carbonyl (C=O) groups is 1. The van der Waals surface area contributed by atoms with Gasteiger partial charge in [0.1, 0.15) is 5.75 Å². The molecule has 0 unspecified atom stereocenters. The molecule has 0 radical (unpaired) electrons. The summed E-state index contributed by atoms with van der Waals surface area (Å²) in [6, 6.07) is 13.4. The summed E-state index contributed by atoms with van der Waals surface area (Å²) in [4.78, 5) is 16.5. The number of fused-ring (bicyclic) bond motifs is 1. The molecule has 4 N–H and O–H groups in total. The van der Waals surface area contributed by atoms with Crippen LogP contribution < -0.4 is 11.1 Å². The van der Waals surface area contributed by atoms with Crippen molar-refractivity contribution in [3.63, 3.8) is 0 Å². The fraction of sp³-hybridized carbons (Fsp3) is 0. The van der Waals surface area contributed by atoms with Gasteiger partial charge in [0.15, 0.2) is 0 Å². The van der Waals surface area contributed by atoms with E-state index in [0.29, 0.717) is 16.9 Å². The molecule has 0 saturated heterocycles. The maximum absolute atomic E-state index is 12.2. The van der Waals surface area contributed by atoms with Crippen molar-refractivity contribution in [2.75, 3.05) is 11.1 Å². The Morgan fingerprint density at radius 2 is 1.90 bits per heavy atom. The maximum atomic E-state index is 12.2. The molecular weight excluding hydrogens is 266 g/mol. The Kier molecular flexibility index (Phi) is 3.16. The van der Waals surface area contributed by atoms with Crippen molar-refractivity contribution in [1.29, 1.82) is 0 Å². The molecule has 3 rings (SSSR count). The normalized spacial score (nSPS) is 10.5. The van der Waals surface area contributed by atoms with E-state index in [2.05, 4.69) is 10.3 Å². The molecule has 0 bridgehead atoms. The lowest BCUT2D eigenvalue weighted by Crippen LogP contribution is -2.12. The number of aromatic nitrogens is 1. The van der Waals surface area contributed by atoms with E-state index in [1.807, 2.05) is 6.07 Å². The first-order chi connectivity index (χ1) is 10.2. The lowest BCUT2D eigenvalue weighted by atomic mass is 10.1. The van der Waals surface area contributed by atoms with Gasteiger partial charge in [-0.05, 0) is 36.4 Å². The van der Waals surface area contributed by atoms with Gasteiger partial charge in [0.25, 0.3) is 5.91 Å². The number of pyridine rings is 1. The summed E-state index contributed by atoms with van der Waals surface area (Å²) in [6.07, 6.45) is 1.65. The summed E-state index contributed by atoms with van der Waals surface area (Å²) in [7, 11) is 0. The molecule has 0 saturated carbocycles. The Labute approximate surface area is 121 Å². The largest absolute Gasteiger partial charge is 0.507 e. The second-order valence-corrected chi connectivity index (χ2v) is 4.57. The molecule has 5 heteroatoms. The van der Waals surface area contributed by atoms with E-state index in [0.717, 1.165) is 5.39 Å². The monoisotopic (exact) mass is 279 g/mol. The molecule has 0 spiro atoms. The minimum atomic E-state index is -0.386. The van der Waals surface area contributed by atoms with Gasteiger partial charge in [0.05, 0.1) is 22.5 Å². The molecule has 0 aliphatic carbocycles. The van der Waals surface area contributed by atoms with Gasteiger partial charge in [0.2, 0.25) is 0 Å². The first kappa shape index (κ1) is 12.9. The number of rotatable bonds is 2. The van der Waals surface area contributed by atoms with Gasteiger partial charge in [-0.2, -0.15) is 0 Å². The molecule has 5 nitrogen and oxygen atoms in total. The van der Waals surface area contributed by atoms with Crippen LogP contribution in [0.1, 0.15) is 10.4 Å². The van der Waals surface area contributed by atoms with E-state index >= 15 is 0 Å². The van der Waals surface area contributed by atoms with E-state index in [-0.39, 0.29) is 17.2 Å². The Hall–Kier alpha value is -3.08. The number of nitrogens with zero attached hydrogens (tertiary/aromatic N) is 1. The van der Waals surface area contributed by atoms with Crippen LogP contribution in [0.25, 0.3) is 10.9 Å². The average molecular weight is 279 g/mol. The van der Waals surface area contributed by atoms with E-state index in [1.165, 1.54) is 6.07 Å². The minimum Gasteiger partial charge on any atom is -0.507 e. The molecule has 21 heavy (non-hydrogen) atoms. The highest BCUT2D eigenvalue weighted by Crippen LogP contribution is 2.27. The number of phenols is 1. The van der Waals surface area contributed by atoms with Crippen molar-refractivity contribution >= 4 is 28.2 Å². The third-order valence-electron chi connectivity index (χ3n) is 3.20. The van der Waals surface area contributed by atoms with Gasteiger partial charge in [-0.25, -0.2) is 0 Å². The van der Waals surface area contributed by atoms with Crippen molar-refractivity contribution in [2.24, 2.45) is 0 Å². The number of anilines is 2. The van der Waals surface area contributed by atoms with Gasteiger partial charge in [0, 0.05) is 11.6 Å². The predicted octanol–water partition coefficient (Wildman–Crippen LogP) is 2.77. The molecule has 1 aromatic heterocycles. The van der Waals surface area contributed by atoms with Gasteiger partial charge in [-0.15, -0.1) is 0 Å². The Balaban J connectivity index is 2.01. The first-order valence-corrected chi connectivity index (χ1v) is 6.39. The Morgan fingerprint density at radius 3 is 2.71 bits per heavy atom. The Morgan fingerprint density at radius 1 is 1.10 bits per heavy atom. The van der Waals surface area contributed by atoms with Crippen LogP contribution in [-0.4, -0.2) is 16.0 Å². The maximum Gasteiger partial charge on any atom is 0.259 e. The van der Waals surface area contributed by atoms with Gasteiger partial charge >= 0.3 is 0 Å².